The lowest BCUT2D eigenvalue weighted by molar-refractivity contribution is -0.128. The van der Waals surface area contributed by atoms with Crippen LogP contribution in [0.5, 0.6) is 11.5 Å². The topological polar surface area (TPSA) is 76.7 Å². The van der Waals surface area contributed by atoms with Crippen LogP contribution in [0.4, 0.5) is 0 Å². The fourth-order valence-electron chi connectivity index (χ4n) is 2.02. The minimum Gasteiger partial charge on any atom is -0.493 e. The average Bonchev–Trinajstić information content (AvgIpc) is 2.60. The van der Waals surface area contributed by atoms with E-state index in [1.165, 1.54) is 0 Å². The highest BCUT2D eigenvalue weighted by atomic mass is 79.9. The van der Waals surface area contributed by atoms with Gasteiger partial charge in [0.15, 0.2) is 6.10 Å². The Hall–Kier alpha value is -2.54. The zero-order valence-corrected chi connectivity index (χ0v) is 15.5. The molecular formula is C18H19BrN2O4. The van der Waals surface area contributed by atoms with Gasteiger partial charge in [-0.3, -0.25) is 20.4 Å². The molecule has 6 nitrogen and oxygen atoms in total. The lowest BCUT2D eigenvalue weighted by atomic mass is 10.2. The van der Waals surface area contributed by atoms with Crippen LogP contribution in [-0.4, -0.2) is 24.5 Å². The molecule has 2 aromatic carbocycles. The second-order valence-electron chi connectivity index (χ2n) is 5.09. The SMILES string of the molecule is CCOc1ccccc1C(=O)NNC(=O)C(C)Oc1cccc(Br)c1. The second kappa shape index (κ2) is 9.08. The minimum atomic E-state index is -0.781. The quantitative estimate of drug-likeness (QED) is 0.722. The number of amides is 2. The molecule has 2 rings (SSSR count). The van der Waals surface area contributed by atoms with Crippen molar-refractivity contribution in [2.75, 3.05) is 6.61 Å². The van der Waals surface area contributed by atoms with Gasteiger partial charge in [-0.25, -0.2) is 0 Å². The third kappa shape index (κ3) is 5.49. The zero-order chi connectivity index (χ0) is 18.2. The molecule has 0 heterocycles. The molecule has 132 valence electrons. The monoisotopic (exact) mass is 406 g/mol. The largest absolute Gasteiger partial charge is 0.493 e. The van der Waals surface area contributed by atoms with Gasteiger partial charge in [-0.15, -0.1) is 0 Å². The second-order valence-corrected chi connectivity index (χ2v) is 6.01. The molecule has 0 aliphatic carbocycles. The van der Waals surface area contributed by atoms with Gasteiger partial charge in [0.2, 0.25) is 0 Å². The first-order valence-corrected chi connectivity index (χ1v) is 8.54. The van der Waals surface area contributed by atoms with Crippen LogP contribution < -0.4 is 20.3 Å². The molecule has 0 aliphatic rings. The van der Waals surface area contributed by atoms with Crippen molar-refractivity contribution in [3.63, 3.8) is 0 Å². The Kier molecular flexibility index (Phi) is 6.82. The van der Waals surface area contributed by atoms with Gasteiger partial charge in [0, 0.05) is 4.47 Å². The van der Waals surface area contributed by atoms with E-state index in [2.05, 4.69) is 26.8 Å². The fraction of sp³-hybridized carbons (Fsp3) is 0.222. The maximum atomic E-state index is 12.2. The van der Waals surface area contributed by atoms with E-state index in [1.54, 1.807) is 49.4 Å². The van der Waals surface area contributed by atoms with Crippen LogP contribution in [0.25, 0.3) is 0 Å². The van der Waals surface area contributed by atoms with Crippen molar-refractivity contribution in [2.24, 2.45) is 0 Å². The Morgan fingerprint density at radius 1 is 1.12 bits per heavy atom. The zero-order valence-electron chi connectivity index (χ0n) is 13.9. The number of para-hydroxylation sites is 1. The Balaban J connectivity index is 1.91. The van der Waals surface area contributed by atoms with Gasteiger partial charge in [-0.1, -0.05) is 34.1 Å². The Labute approximate surface area is 154 Å². The molecular weight excluding hydrogens is 388 g/mol. The van der Waals surface area contributed by atoms with Crippen LogP contribution >= 0.6 is 15.9 Å². The molecule has 2 N–H and O–H groups in total. The average molecular weight is 407 g/mol. The van der Waals surface area contributed by atoms with E-state index in [9.17, 15) is 9.59 Å². The molecule has 2 amide bonds. The summed E-state index contributed by atoms with van der Waals surface area (Å²) in [5, 5.41) is 0. The third-order valence-electron chi connectivity index (χ3n) is 3.21. The number of hydrogen-bond acceptors (Lipinski definition) is 4. The lowest BCUT2D eigenvalue weighted by Crippen LogP contribution is -2.47. The third-order valence-corrected chi connectivity index (χ3v) is 3.70. The molecule has 0 spiro atoms. The molecule has 7 heteroatoms. The van der Waals surface area contributed by atoms with Gasteiger partial charge in [0.05, 0.1) is 12.2 Å². The van der Waals surface area contributed by atoms with Crippen LogP contribution in [0.3, 0.4) is 0 Å². The first-order chi connectivity index (χ1) is 12.0. The number of hydrogen-bond donors (Lipinski definition) is 2. The number of rotatable bonds is 6. The summed E-state index contributed by atoms with van der Waals surface area (Å²) in [5.74, 6) is 0.0644. The molecule has 0 aromatic heterocycles. The van der Waals surface area contributed by atoms with Crippen LogP contribution in [0.15, 0.2) is 53.0 Å². The van der Waals surface area contributed by atoms with E-state index in [4.69, 9.17) is 9.47 Å². The van der Waals surface area contributed by atoms with Crippen molar-refractivity contribution in [3.05, 3.63) is 58.6 Å². The van der Waals surface area contributed by atoms with Gasteiger partial charge in [-0.2, -0.15) is 0 Å². The summed E-state index contributed by atoms with van der Waals surface area (Å²) in [5.41, 5.74) is 5.06. The van der Waals surface area contributed by atoms with Crippen molar-refractivity contribution in [3.8, 4) is 11.5 Å². The van der Waals surface area contributed by atoms with Crippen LogP contribution in [0.1, 0.15) is 24.2 Å². The van der Waals surface area contributed by atoms with Gasteiger partial charge in [0.1, 0.15) is 11.5 Å². The smallest absolute Gasteiger partial charge is 0.279 e. The highest BCUT2D eigenvalue weighted by Gasteiger charge is 2.17. The van der Waals surface area contributed by atoms with Gasteiger partial charge < -0.3 is 9.47 Å². The number of hydrazine groups is 1. The number of benzene rings is 2. The van der Waals surface area contributed by atoms with E-state index in [1.807, 2.05) is 13.0 Å². The minimum absolute atomic E-state index is 0.338. The molecule has 0 aliphatic heterocycles. The fourth-order valence-corrected chi connectivity index (χ4v) is 2.40. The summed E-state index contributed by atoms with van der Waals surface area (Å²) < 4.78 is 11.8. The van der Waals surface area contributed by atoms with Gasteiger partial charge >= 0.3 is 0 Å². The number of carbonyl (C=O) groups is 2. The van der Waals surface area contributed by atoms with Crippen LogP contribution in [0.2, 0.25) is 0 Å². The summed E-state index contributed by atoms with van der Waals surface area (Å²) >= 11 is 3.33. The molecule has 0 saturated carbocycles. The Morgan fingerprint density at radius 3 is 2.60 bits per heavy atom. The van der Waals surface area contributed by atoms with Gasteiger partial charge in [0.25, 0.3) is 11.8 Å². The van der Waals surface area contributed by atoms with Crippen molar-refractivity contribution in [1.82, 2.24) is 10.9 Å². The van der Waals surface area contributed by atoms with Crippen molar-refractivity contribution < 1.29 is 19.1 Å². The molecule has 0 fully saturated rings. The maximum absolute atomic E-state index is 12.2. The van der Waals surface area contributed by atoms with Crippen molar-refractivity contribution in [2.45, 2.75) is 20.0 Å². The summed E-state index contributed by atoms with van der Waals surface area (Å²) in [6.45, 7) is 3.86. The van der Waals surface area contributed by atoms with Crippen LogP contribution in [-0.2, 0) is 4.79 Å². The molecule has 25 heavy (non-hydrogen) atoms. The first kappa shape index (κ1) is 18.8. The number of ether oxygens (including phenoxy) is 2. The van der Waals surface area contributed by atoms with Gasteiger partial charge in [-0.05, 0) is 44.2 Å². The molecule has 0 saturated heterocycles. The van der Waals surface area contributed by atoms with E-state index in [0.717, 1.165) is 4.47 Å². The maximum Gasteiger partial charge on any atom is 0.279 e. The highest BCUT2D eigenvalue weighted by molar-refractivity contribution is 9.10. The summed E-state index contributed by atoms with van der Waals surface area (Å²) in [6, 6.07) is 14.0. The molecule has 1 unspecified atom stereocenters. The summed E-state index contributed by atoms with van der Waals surface area (Å²) in [4.78, 5) is 24.3. The molecule has 1 atom stereocenters. The Bertz CT molecular complexity index is 751. The lowest BCUT2D eigenvalue weighted by Gasteiger charge is -2.16. The summed E-state index contributed by atoms with van der Waals surface area (Å²) in [6.07, 6.45) is -0.781. The number of halogens is 1. The van der Waals surface area contributed by atoms with E-state index < -0.39 is 17.9 Å². The number of carbonyl (C=O) groups excluding carboxylic acids is 2. The standard InChI is InChI=1S/C18H19BrN2O4/c1-3-24-16-10-5-4-9-15(16)18(23)21-20-17(22)12(2)25-14-8-6-7-13(19)11-14/h4-12H,3H2,1-2H3,(H,20,22)(H,21,23). The predicted octanol–water partition coefficient (Wildman–Crippen LogP) is 3.08. The highest BCUT2D eigenvalue weighted by Crippen LogP contribution is 2.19. The van der Waals surface area contributed by atoms with E-state index >= 15 is 0 Å². The van der Waals surface area contributed by atoms with Crippen LogP contribution in [0, 0.1) is 0 Å². The summed E-state index contributed by atoms with van der Waals surface area (Å²) in [7, 11) is 0. The molecule has 0 bridgehead atoms. The van der Waals surface area contributed by atoms with E-state index in [-0.39, 0.29) is 0 Å². The van der Waals surface area contributed by atoms with Crippen molar-refractivity contribution >= 4 is 27.7 Å². The van der Waals surface area contributed by atoms with E-state index in [0.29, 0.717) is 23.7 Å². The normalized spacial score (nSPS) is 11.3. The predicted molar refractivity (Wildman–Crippen MR) is 97.5 cm³/mol. The number of nitrogens with one attached hydrogen (secondary N) is 2. The Morgan fingerprint density at radius 2 is 1.88 bits per heavy atom. The van der Waals surface area contributed by atoms with Crippen molar-refractivity contribution in [1.29, 1.82) is 0 Å². The first-order valence-electron chi connectivity index (χ1n) is 7.75. The molecule has 0 radical (unpaired) electrons. The molecule has 2 aromatic rings.